The van der Waals surface area contributed by atoms with E-state index in [1.165, 1.54) is 24.2 Å². The van der Waals surface area contributed by atoms with Crippen LogP contribution in [0.15, 0.2) is 12.5 Å². The van der Waals surface area contributed by atoms with Crippen molar-refractivity contribution in [2.24, 2.45) is 0 Å². The number of carbonyl (C=O) groups is 2. The largest absolute Gasteiger partial charge is 0.480 e. The van der Waals surface area contributed by atoms with Gasteiger partial charge in [0.2, 0.25) is 0 Å². The van der Waals surface area contributed by atoms with Gasteiger partial charge in [-0.15, -0.1) is 12.4 Å². The summed E-state index contributed by atoms with van der Waals surface area (Å²) in [4.78, 5) is 24.8. The second-order valence-electron chi connectivity index (χ2n) is 2.32. The van der Waals surface area contributed by atoms with Gasteiger partial charge in [0, 0.05) is 6.20 Å². The number of methoxy groups -OCH3 is 1. The molecule has 0 atom stereocenters. The number of aliphatic carboxylic acids is 1. The average Bonchev–Trinajstić information content (AvgIpc) is 2.50. The average molecular weight is 221 g/mol. The minimum atomic E-state index is -0.992. The van der Waals surface area contributed by atoms with Crippen molar-refractivity contribution < 1.29 is 19.4 Å². The maximum absolute atomic E-state index is 10.9. The number of imidazole rings is 1. The number of rotatable bonds is 3. The molecule has 0 aliphatic rings. The van der Waals surface area contributed by atoms with Crippen molar-refractivity contribution in [2.45, 2.75) is 6.54 Å². The standard InChI is InChI=1S/C7H8N2O4.ClH/c1-13-7(12)5-2-9(4-8-5)3-6(10)11;/h2,4H,3H2,1H3,(H,10,11);1H. The molecule has 1 N–H and O–H groups in total. The highest BCUT2D eigenvalue weighted by atomic mass is 35.5. The third-order valence-corrected chi connectivity index (χ3v) is 1.35. The molecule has 0 radical (unpaired) electrons. The quantitative estimate of drug-likeness (QED) is 0.735. The predicted octanol–water partition coefficient (Wildman–Crippen LogP) is 0.176. The molecule has 0 unspecified atom stereocenters. The molecule has 1 heterocycles. The Morgan fingerprint density at radius 3 is 2.79 bits per heavy atom. The number of carboxylic acid groups (broad SMARTS) is 1. The summed E-state index contributed by atoms with van der Waals surface area (Å²) in [6.07, 6.45) is 2.58. The van der Waals surface area contributed by atoms with Gasteiger partial charge in [0.05, 0.1) is 13.4 Å². The predicted molar refractivity (Wildman–Crippen MR) is 48.5 cm³/mol. The van der Waals surface area contributed by atoms with Crippen LogP contribution in [0.5, 0.6) is 0 Å². The molecule has 0 aliphatic heterocycles. The number of nitrogens with zero attached hydrogens (tertiary/aromatic N) is 2. The maximum atomic E-state index is 10.9. The Labute approximate surface area is 85.9 Å². The van der Waals surface area contributed by atoms with Gasteiger partial charge in [0.25, 0.3) is 0 Å². The summed E-state index contributed by atoms with van der Waals surface area (Å²) in [5, 5.41) is 8.41. The molecule has 14 heavy (non-hydrogen) atoms. The molecule has 0 aliphatic carbocycles. The molecule has 0 aromatic carbocycles. The van der Waals surface area contributed by atoms with Crippen molar-refractivity contribution in [1.29, 1.82) is 0 Å². The third-order valence-electron chi connectivity index (χ3n) is 1.35. The summed E-state index contributed by atoms with van der Waals surface area (Å²) in [6.45, 7) is -0.218. The van der Waals surface area contributed by atoms with Crippen LogP contribution in [0.2, 0.25) is 0 Å². The number of carbonyl (C=O) groups excluding carboxylic acids is 1. The van der Waals surface area contributed by atoms with Crippen LogP contribution in [-0.2, 0) is 16.1 Å². The topological polar surface area (TPSA) is 81.4 Å². The van der Waals surface area contributed by atoms with Crippen molar-refractivity contribution in [1.82, 2.24) is 9.55 Å². The number of aromatic nitrogens is 2. The van der Waals surface area contributed by atoms with Crippen molar-refractivity contribution in [3.8, 4) is 0 Å². The normalized spacial score (nSPS) is 8.93. The molecule has 0 fully saturated rings. The molecule has 1 aromatic heterocycles. The molecule has 1 rings (SSSR count). The van der Waals surface area contributed by atoms with E-state index in [1.54, 1.807) is 0 Å². The van der Waals surface area contributed by atoms with Crippen molar-refractivity contribution in [3.63, 3.8) is 0 Å². The van der Waals surface area contributed by atoms with Gasteiger partial charge in [-0.05, 0) is 0 Å². The number of hydrogen-bond acceptors (Lipinski definition) is 4. The summed E-state index contributed by atoms with van der Waals surface area (Å²) in [5.74, 6) is -1.57. The van der Waals surface area contributed by atoms with E-state index >= 15 is 0 Å². The van der Waals surface area contributed by atoms with Crippen LogP contribution in [0.3, 0.4) is 0 Å². The van der Waals surface area contributed by atoms with Gasteiger partial charge in [-0.3, -0.25) is 4.79 Å². The number of ether oxygens (including phenoxy) is 1. The minimum Gasteiger partial charge on any atom is -0.480 e. The van der Waals surface area contributed by atoms with Crippen LogP contribution >= 0.6 is 12.4 Å². The Bertz CT molecular complexity index is 336. The Kier molecular flexibility index (Phi) is 4.65. The smallest absolute Gasteiger partial charge is 0.358 e. The summed E-state index contributed by atoms with van der Waals surface area (Å²) in [5.41, 5.74) is 0.101. The van der Waals surface area contributed by atoms with E-state index in [0.717, 1.165) is 0 Å². The Balaban J connectivity index is 0.00000169. The lowest BCUT2D eigenvalue weighted by atomic mass is 10.5. The van der Waals surface area contributed by atoms with E-state index in [1.807, 2.05) is 0 Å². The van der Waals surface area contributed by atoms with Crippen molar-refractivity contribution >= 4 is 24.3 Å². The lowest BCUT2D eigenvalue weighted by Crippen LogP contribution is -2.07. The molecular weight excluding hydrogens is 212 g/mol. The first kappa shape index (κ1) is 12.4. The lowest BCUT2D eigenvalue weighted by molar-refractivity contribution is -0.137. The van der Waals surface area contributed by atoms with E-state index in [0.29, 0.717) is 0 Å². The van der Waals surface area contributed by atoms with Crippen LogP contribution < -0.4 is 0 Å². The van der Waals surface area contributed by atoms with Crippen LogP contribution in [0, 0.1) is 0 Å². The molecule has 0 saturated carbocycles. The fourth-order valence-electron chi connectivity index (χ4n) is 0.813. The Morgan fingerprint density at radius 2 is 2.29 bits per heavy atom. The Hall–Kier alpha value is -1.56. The van der Waals surface area contributed by atoms with Crippen LogP contribution in [0.25, 0.3) is 0 Å². The van der Waals surface area contributed by atoms with Crippen LogP contribution in [0.4, 0.5) is 0 Å². The van der Waals surface area contributed by atoms with E-state index in [9.17, 15) is 9.59 Å². The fraction of sp³-hybridized carbons (Fsp3) is 0.286. The highest BCUT2D eigenvalue weighted by Gasteiger charge is 2.09. The molecule has 0 saturated heterocycles. The van der Waals surface area contributed by atoms with Crippen LogP contribution in [0.1, 0.15) is 10.5 Å². The van der Waals surface area contributed by atoms with Gasteiger partial charge in [-0.2, -0.15) is 0 Å². The minimum absolute atomic E-state index is 0. The molecular formula is C7H9ClN2O4. The zero-order valence-electron chi connectivity index (χ0n) is 7.34. The number of esters is 1. The summed E-state index contributed by atoms with van der Waals surface area (Å²) < 4.78 is 5.68. The molecule has 6 nitrogen and oxygen atoms in total. The van der Waals surface area contributed by atoms with Gasteiger partial charge in [-0.1, -0.05) is 0 Å². The molecule has 78 valence electrons. The monoisotopic (exact) mass is 220 g/mol. The lowest BCUT2D eigenvalue weighted by Gasteiger charge is -1.93. The van der Waals surface area contributed by atoms with E-state index in [2.05, 4.69) is 9.72 Å². The maximum Gasteiger partial charge on any atom is 0.358 e. The summed E-state index contributed by atoms with van der Waals surface area (Å²) in [6, 6.07) is 0. The van der Waals surface area contributed by atoms with E-state index < -0.39 is 11.9 Å². The highest BCUT2D eigenvalue weighted by Crippen LogP contribution is 1.97. The third kappa shape index (κ3) is 3.06. The van der Waals surface area contributed by atoms with Crippen LogP contribution in [-0.4, -0.2) is 33.7 Å². The molecule has 0 spiro atoms. The zero-order valence-corrected chi connectivity index (χ0v) is 8.15. The number of hydrogen-bond donors (Lipinski definition) is 1. The molecule has 7 heteroatoms. The highest BCUT2D eigenvalue weighted by molar-refractivity contribution is 5.86. The van der Waals surface area contributed by atoms with E-state index in [-0.39, 0.29) is 24.6 Å². The molecule has 0 bridgehead atoms. The first-order valence-corrected chi connectivity index (χ1v) is 3.45. The number of carboxylic acids is 1. The first-order valence-electron chi connectivity index (χ1n) is 3.45. The van der Waals surface area contributed by atoms with Gasteiger partial charge >= 0.3 is 11.9 Å². The van der Waals surface area contributed by atoms with E-state index in [4.69, 9.17) is 5.11 Å². The van der Waals surface area contributed by atoms with Gasteiger partial charge < -0.3 is 14.4 Å². The zero-order chi connectivity index (χ0) is 9.84. The van der Waals surface area contributed by atoms with Crippen molar-refractivity contribution in [2.75, 3.05) is 7.11 Å². The molecule has 1 aromatic rings. The Morgan fingerprint density at radius 1 is 1.64 bits per heavy atom. The number of halogens is 1. The summed E-state index contributed by atoms with van der Waals surface area (Å²) >= 11 is 0. The second kappa shape index (κ2) is 5.23. The summed E-state index contributed by atoms with van der Waals surface area (Å²) in [7, 11) is 1.23. The van der Waals surface area contributed by atoms with Gasteiger partial charge in [0.1, 0.15) is 6.54 Å². The first-order chi connectivity index (χ1) is 6.13. The molecule has 0 amide bonds. The van der Waals surface area contributed by atoms with Gasteiger partial charge in [0.15, 0.2) is 5.69 Å². The second-order valence-corrected chi connectivity index (χ2v) is 2.32. The SMILES string of the molecule is COC(=O)c1cn(CC(=O)O)cn1.Cl. The fourth-order valence-corrected chi connectivity index (χ4v) is 0.813. The van der Waals surface area contributed by atoms with Gasteiger partial charge in [-0.25, -0.2) is 9.78 Å². The van der Waals surface area contributed by atoms with Crippen molar-refractivity contribution in [3.05, 3.63) is 18.2 Å².